The molecule has 0 spiro atoms. The SMILES string of the molecule is CS(=O)(=O)NC(=O)c1cc(C2CC2)cnc1Nc1cc(F)cc(C2CCOCC2)c1OC(F)F. The van der Waals surface area contributed by atoms with Crippen molar-refractivity contribution >= 4 is 27.4 Å². The summed E-state index contributed by atoms with van der Waals surface area (Å²) in [5.41, 5.74) is 0.731. The van der Waals surface area contributed by atoms with Gasteiger partial charge in [0.25, 0.3) is 5.91 Å². The van der Waals surface area contributed by atoms with Crippen LogP contribution in [0.15, 0.2) is 24.4 Å². The van der Waals surface area contributed by atoms with E-state index in [2.05, 4.69) is 10.3 Å². The predicted molar refractivity (Wildman–Crippen MR) is 118 cm³/mol. The number of anilines is 2. The van der Waals surface area contributed by atoms with Crippen molar-refractivity contribution in [3.63, 3.8) is 0 Å². The van der Waals surface area contributed by atoms with Crippen molar-refractivity contribution in [2.45, 2.75) is 44.1 Å². The van der Waals surface area contributed by atoms with Gasteiger partial charge in [-0.25, -0.2) is 22.5 Å². The van der Waals surface area contributed by atoms with Crippen molar-refractivity contribution in [3.05, 3.63) is 46.9 Å². The van der Waals surface area contributed by atoms with Crippen LogP contribution in [0.4, 0.5) is 24.7 Å². The minimum Gasteiger partial charge on any atom is -0.432 e. The highest BCUT2D eigenvalue weighted by atomic mass is 32.2. The lowest BCUT2D eigenvalue weighted by Crippen LogP contribution is -2.30. The Morgan fingerprint density at radius 2 is 1.85 bits per heavy atom. The zero-order valence-corrected chi connectivity index (χ0v) is 19.1. The number of alkyl halides is 2. The molecular formula is C22H24F3N3O5S. The number of hydrogen-bond acceptors (Lipinski definition) is 7. The molecule has 2 aliphatic rings. The summed E-state index contributed by atoms with van der Waals surface area (Å²) in [7, 11) is -3.88. The normalized spacial score (nSPS) is 17.0. The molecule has 1 aliphatic heterocycles. The number of hydrogen-bond donors (Lipinski definition) is 2. The molecule has 4 rings (SSSR count). The molecule has 2 heterocycles. The Labute approximate surface area is 194 Å². The molecule has 0 radical (unpaired) electrons. The Balaban J connectivity index is 1.76. The first kappa shape index (κ1) is 24.3. The number of sulfonamides is 1. The molecule has 12 heteroatoms. The van der Waals surface area contributed by atoms with Crippen LogP contribution >= 0.6 is 0 Å². The Kier molecular flexibility index (Phi) is 6.99. The maximum absolute atomic E-state index is 14.6. The number of amides is 1. The number of nitrogens with one attached hydrogen (secondary N) is 2. The lowest BCUT2D eigenvalue weighted by Gasteiger charge is -2.26. The fourth-order valence-corrected chi connectivity index (χ4v) is 4.43. The van der Waals surface area contributed by atoms with E-state index >= 15 is 0 Å². The van der Waals surface area contributed by atoms with Crippen LogP contribution in [0.1, 0.15) is 59.0 Å². The Bertz CT molecular complexity index is 1180. The van der Waals surface area contributed by atoms with Gasteiger partial charge in [0.15, 0.2) is 5.75 Å². The third kappa shape index (κ3) is 5.98. The molecule has 1 aliphatic carbocycles. The van der Waals surface area contributed by atoms with Gasteiger partial charge in [-0.2, -0.15) is 8.78 Å². The number of rotatable bonds is 8. The van der Waals surface area contributed by atoms with E-state index in [1.165, 1.54) is 12.3 Å². The van der Waals surface area contributed by atoms with Gasteiger partial charge in [0.2, 0.25) is 10.0 Å². The lowest BCUT2D eigenvalue weighted by atomic mass is 9.90. The van der Waals surface area contributed by atoms with Crippen LogP contribution in [0.3, 0.4) is 0 Å². The van der Waals surface area contributed by atoms with E-state index in [1.54, 1.807) is 0 Å². The minimum absolute atomic E-state index is 0.116. The Morgan fingerprint density at radius 3 is 2.47 bits per heavy atom. The number of carbonyl (C=O) groups is 1. The molecule has 1 amide bonds. The second-order valence-electron chi connectivity index (χ2n) is 8.40. The van der Waals surface area contributed by atoms with Gasteiger partial charge >= 0.3 is 6.61 Å². The van der Waals surface area contributed by atoms with E-state index in [0.717, 1.165) is 36.8 Å². The van der Waals surface area contributed by atoms with E-state index in [9.17, 15) is 26.4 Å². The summed E-state index contributed by atoms with van der Waals surface area (Å²) in [6.07, 6.45) is 5.16. The first-order valence-corrected chi connectivity index (χ1v) is 12.6. The van der Waals surface area contributed by atoms with Gasteiger partial charge in [-0.3, -0.25) is 4.79 Å². The number of carbonyl (C=O) groups excluding carboxylic acids is 1. The summed E-state index contributed by atoms with van der Waals surface area (Å²) >= 11 is 0. The molecule has 2 fully saturated rings. The molecule has 0 bridgehead atoms. The Hall–Kier alpha value is -2.86. The van der Waals surface area contributed by atoms with Crippen LogP contribution in [0.5, 0.6) is 5.75 Å². The van der Waals surface area contributed by atoms with Crippen LogP contribution in [-0.4, -0.2) is 45.4 Å². The average molecular weight is 500 g/mol. The second-order valence-corrected chi connectivity index (χ2v) is 10.2. The van der Waals surface area contributed by atoms with Crippen molar-refractivity contribution in [2.75, 3.05) is 24.8 Å². The monoisotopic (exact) mass is 499 g/mol. The number of halogens is 3. The zero-order valence-electron chi connectivity index (χ0n) is 18.3. The number of nitrogens with zero attached hydrogens (tertiary/aromatic N) is 1. The molecule has 1 aromatic heterocycles. The van der Waals surface area contributed by atoms with E-state index in [4.69, 9.17) is 9.47 Å². The maximum Gasteiger partial charge on any atom is 0.387 e. The van der Waals surface area contributed by atoms with Crippen molar-refractivity contribution < 1.29 is 35.9 Å². The third-order valence-corrected chi connectivity index (χ3v) is 6.24. The standard InChI is InChI=1S/C22H24F3N3O5S/c1-34(30,31)28-21(29)17-8-14(12-2-3-12)11-26-20(17)27-18-10-15(23)9-16(19(18)33-22(24)25)13-4-6-32-7-5-13/h8-13,22H,2-7H2,1H3,(H,26,27)(H,28,29). The quantitative estimate of drug-likeness (QED) is 0.565. The van der Waals surface area contributed by atoms with E-state index < -0.39 is 28.4 Å². The van der Waals surface area contributed by atoms with Gasteiger partial charge in [-0.05, 0) is 55.2 Å². The highest BCUT2D eigenvalue weighted by molar-refractivity contribution is 7.89. The maximum atomic E-state index is 14.6. The summed E-state index contributed by atoms with van der Waals surface area (Å²) in [6.45, 7) is -2.38. The van der Waals surface area contributed by atoms with Crippen molar-refractivity contribution in [2.24, 2.45) is 0 Å². The van der Waals surface area contributed by atoms with Crippen LogP contribution < -0.4 is 14.8 Å². The minimum atomic E-state index is -3.88. The van der Waals surface area contributed by atoms with Gasteiger partial charge in [0.05, 0.1) is 17.5 Å². The fourth-order valence-electron chi connectivity index (χ4n) is 3.98. The van der Waals surface area contributed by atoms with Gasteiger partial charge in [0.1, 0.15) is 11.6 Å². The first-order chi connectivity index (χ1) is 16.1. The lowest BCUT2D eigenvalue weighted by molar-refractivity contribution is -0.0505. The van der Waals surface area contributed by atoms with E-state index in [-0.39, 0.29) is 40.2 Å². The van der Waals surface area contributed by atoms with Crippen LogP contribution in [-0.2, 0) is 14.8 Å². The molecule has 184 valence electrons. The first-order valence-electron chi connectivity index (χ1n) is 10.8. The summed E-state index contributed by atoms with van der Waals surface area (Å²) in [6, 6.07) is 3.62. The van der Waals surface area contributed by atoms with Gasteiger partial charge < -0.3 is 14.8 Å². The smallest absolute Gasteiger partial charge is 0.387 e. The van der Waals surface area contributed by atoms with E-state index in [1.807, 2.05) is 4.72 Å². The van der Waals surface area contributed by atoms with Crippen molar-refractivity contribution in [3.8, 4) is 5.75 Å². The van der Waals surface area contributed by atoms with Crippen LogP contribution in [0.2, 0.25) is 0 Å². The molecule has 2 aromatic rings. The summed E-state index contributed by atoms with van der Waals surface area (Å²) in [5, 5.41) is 2.72. The van der Waals surface area contributed by atoms with Gasteiger partial charge in [0, 0.05) is 31.0 Å². The van der Waals surface area contributed by atoms with Crippen molar-refractivity contribution in [1.82, 2.24) is 9.71 Å². The van der Waals surface area contributed by atoms with E-state index in [0.29, 0.717) is 26.1 Å². The number of aromatic nitrogens is 1. The molecule has 0 unspecified atom stereocenters. The molecule has 0 atom stereocenters. The molecule has 8 nitrogen and oxygen atoms in total. The average Bonchev–Trinajstić information content (AvgIpc) is 3.60. The van der Waals surface area contributed by atoms with Gasteiger partial charge in [-0.1, -0.05) is 0 Å². The summed E-state index contributed by atoms with van der Waals surface area (Å²) < 4.78 is 76.4. The number of pyridine rings is 1. The third-order valence-electron chi connectivity index (χ3n) is 5.68. The highest BCUT2D eigenvalue weighted by Crippen LogP contribution is 2.43. The fraction of sp³-hybridized carbons (Fsp3) is 0.455. The molecule has 2 N–H and O–H groups in total. The largest absolute Gasteiger partial charge is 0.432 e. The molecular weight excluding hydrogens is 475 g/mol. The molecule has 1 saturated heterocycles. The molecule has 1 aromatic carbocycles. The number of ether oxygens (including phenoxy) is 2. The highest BCUT2D eigenvalue weighted by Gasteiger charge is 2.28. The van der Waals surface area contributed by atoms with Gasteiger partial charge in [-0.15, -0.1) is 0 Å². The predicted octanol–water partition coefficient (Wildman–Crippen LogP) is 4.03. The van der Waals surface area contributed by atoms with Crippen LogP contribution in [0.25, 0.3) is 0 Å². The summed E-state index contributed by atoms with van der Waals surface area (Å²) in [4.78, 5) is 16.9. The number of benzene rings is 1. The van der Waals surface area contributed by atoms with Crippen LogP contribution in [0, 0.1) is 5.82 Å². The zero-order chi connectivity index (χ0) is 24.5. The molecule has 34 heavy (non-hydrogen) atoms. The van der Waals surface area contributed by atoms with Crippen molar-refractivity contribution in [1.29, 1.82) is 0 Å². The topological polar surface area (TPSA) is 107 Å². The second kappa shape index (κ2) is 9.79. The summed E-state index contributed by atoms with van der Waals surface area (Å²) in [5.74, 6) is -2.07. The Morgan fingerprint density at radius 1 is 1.15 bits per heavy atom. The molecule has 1 saturated carbocycles.